The van der Waals surface area contributed by atoms with Gasteiger partial charge in [0.05, 0.1) is 12.3 Å². The molecule has 0 radical (unpaired) electrons. The predicted molar refractivity (Wildman–Crippen MR) is 122 cm³/mol. The molecule has 2 heterocycles. The number of carbonyl (C=O) groups is 1. The van der Waals surface area contributed by atoms with E-state index >= 15 is 0 Å². The van der Waals surface area contributed by atoms with Gasteiger partial charge in [0.1, 0.15) is 5.56 Å². The third-order valence-electron chi connectivity index (χ3n) is 5.08. The summed E-state index contributed by atoms with van der Waals surface area (Å²) in [5.74, 6) is -0.0514. The Hall–Kier alpha value is -4.19. The van der Waals surface area contributed by atoms with Crippen molar-refractivity contribution in [1.82, 2.24) is 14.6 Å². The van der Waals surface area contributed by atoms with Crippen molar-refractivity contribution in [2.45, 2.75) is 6.92 Å². The van der Waals surface area contributed by atoms with Gasteiger partial charge in [-0.3, -0.25) is 0 Å². The van der Waals surface area contributed by atoms with E-state index in [1.165, 1.54) is 0 Å². The van der Waals surface area contributed by atoms with Crippen molar-refractivity contribution in [3.63, 3.8) is 0 Å². The first-order valence-electron chi connectivity index (χ1n) is 10.1. The van der Waals surface area contributed by atoms with Crippen molar-refractivity contribution in [2.75, 3.05) is 11.9 Å². The predicted octanol–water partition coefficient (Wildman–Crippen LogP) is 5.47. The summed E-state index contributed by atoms with van der Waals surface area (Å²) in [6, 6.07) is 25.9. The number of hydrogen-bond donors (Lipinski definition) is 1. The van der Waals surface area contributed by atoms with Crippen LogP contribution in [0.2, 0.25) is 0 Å². The van der Waals surface area contributed by atoms with Crippen LogP contribution in [0.4, 0.5) is 11.5 Å². The number of carbonyl (C=O) groups excluding carboxylic acids is 1. The fraction of sp³-hybridized carbons (Fsp3) is 0.0800. The number of anilines is 2. The number of nitrogens with zero attached hydrogens (tertiary/aromatic N) is 3. The number of fused-ring (bicyclic) bond motifs is 2. The third kappa shape index (κ3) is 3.48. The molecule has 152 valence electrons. The van der Waals surface area contributed by atoms with Crippen LogP contribution < -0.4 is 5.32 Å². The lowest BCUT2D eigenvalue weighted by molar-refractivity contribution is 0.0529. The van der Waals surface area contributed by atoms with Gasteiger partial charge in [-0.15, -0.1) is 5.10 Å². The minimum absolute atomic E-state index is 0.269. The maximum Gasteiger partial charge on any atom is 0.345 e. The number of aromatic nitrogens is 3. The van der Waals surface area contributed by atoms with Gasteiger partial charge < -0.3 is 10.1 Å². The number of benzene rings is 3. The van der Waals surface area contributed by atoms with Crippen molar-refractivity contribution in [2.24, 2.45) is 0 Å². The van der Waals surface area contributed by atoms with Gasteiger partial charge in [0.2, 0.25) is 0 Å². The second-order valence-corrected chi connectivity index (χ2v) is 7.06. The van der Waals surface area contributed by atoms with Crippen LogP contribution in [0, 0.1) is 0 Å². The Morgan fingerprint density at radius 2 is 1.74 bits per heavy atom. The van der Waals surface area contributed by atoms with Crippen molar-refractivity contribution < 1.29 is 9.53 Å². The third-order valence-corrected chi connectivity index (χ3v) is 5.08. The summed E-state index contributed by atoms with van der Waals surface area (Å²) in [4.78, 5) is 17.3. The molecule has 2 aromatic heterocycles. The lowest BCUT2D eigenvalue weighted by atomic mass is 10.0. The zero-order valence-electron chi connectivity index (χ0n) is 16.9. The Bertz CT molecular complexity index is 1390. The first-order chi connectivity index (χ1) is 15.2. The second-order valence-electron chi connectivity index (χ2n) is 7.06. The van der Waals surface area contributed by atoms with Crippen LogP contribution in [0.5, 0.6) is 0 Å². The molecule has 0 aliphatic rings. The molecule has 1 N–H and O–H groups in total. The fourth-order valence-corrected chi connectivity index (χ4v) is 3.65. The molecule has 0 aliphatic carbocycles. The molecule has 5 aromatic rings. The molecule has 6 nitrogen and oxygen atoms in total. The summed E-state index contributed by atoms with van der Waals surface area (Å²) < 4.78 is 7.00. The van der Waals surface area contributed by atoms with Crippen LogP contribution in [0.1, 0.15) is 17.3 Å². The minimum Gasteiger partial charge on any atom is -0.462 e. The van der Waals surface area contributed by atoms with Crippen LogP contribution in [0.15, 0.2) is 85.1 Å². The number of rotatable bonds is 5. The molecule has 0 aliphatic heterocycles. The smallest absolute Gasteiger partial charge is 0.345 e. The van der Waals surface area contributed by atoms with Crippen LogP contribution in [0.25, 0.3) is 27.7 Å². The molecular weight excluding hydrogens is 388 g/mol. The number of para-hydroxylation sites is 1. The molecule has 6 heteroatoms. The highest BCUT2D eigenvalue weighted by Crippen LogP contribution is 2.29. The standard InChI is InChI=1S/C25H20N4O2/c1-2-31-25(30)22-23(27-20-10-4-3-5-11-20)28-29-21(14-15-26-24(22)29)19-13-12-17-8-6-7-9-18(17)16-19/h3-16H,2H2,1H3,(H,27,28). The fourth-order valence-electron chi connectivity index (χ4n) is 3.65. The van der Waals surface area contributed by atoms with Gasteiger partial charge in [0.15, 0.2) is 11.5 Å². The summed E-state index contributed by atoms with van der Waals surface area (Å²) in [7, 11) is 0. The number of ether oxygens (including phenoxy) is 1. The molecule has 0 saturated carbocycles. The average molecular weight is 408 g/mol. The van der Waals surface area contributed by atoms with E-state index in [4.69, 9.17) is 9.84 Å². The van der Waals surface area contributed by atoms with Crippen molar-refractivity contribution in [1.29, 1.82) is 0 Å². The largest absolute Gasteiger partial charge is 0.462 e. The van der Waals surface area contributed by atoms with Crippen molar-refractivity contribution >= 4 is 33.9 Å². The van der Waals surface area contributed by atoms with Crippen molar-refractivity contribution in [3.05, 3.63) is 90.6 Å². The normalized spacial score (nSPS) is 11.0. The second kappa shape index (κ2) is 7.91. The van der Waals surface area contributed by atoms with Crippen LogP contribution >= 0.6 is 0 Å². The zero-order valence-corrected chi connectivity index (χ0v) is 16.9. The number of nitrogens with one attached hydrogen (secondary N) is 1. The lowest BCUT2D eigenvalue weighted by Gasteiger charge is -2.06. The highest BCUT2D eigenvalue weighted by molar-refractivity contribution is 6.02. The molecule has 0 fully saturated rings. The Balaban J connectivity index is 1.70. The van der Waals surface area contributed by atoms with Crippen LogP contribution in [-0.4, -0.2) is 27.2 Å². The van der Waals surface area contributed by atoms with E-state index in [-0.39, 0.29) is 6.61 Å². The monoisotopic (exact) mass is 408 g/mol. The summed E-state index contributed by atoms with van der Waals surface area (Å²) in [5.41, 5.74) is 3.40. The molecule has 0 bridgehead atoms. The maximum atomic E-state index is 12.8. The van der Waals surface area contributed by atoms with Gasteiger partial charge in [-0.25, -0.2) is 14.3 Å². The van der Waals surface area contributed by atoms with E-state index in [0.29, 0.717) is 17.0 Å². The first kappa shape index (κ1) is 18.8. The molecule has 31 heavy (non-hydrogen) atoms. The molecule has 5 rings (SSSR count). The number of esters is 1. The van der Waals surface area contributed by atoms with Crippen molar-refractivity contribution in [3.8, 4) is 11.3 Å². The van der Waals surface area contributed by atoms with E-state index in [9.17, 15) is 4.79 Å². The topological polar surface area (TPSA) is 68.5 Å². The average Bonchev–Trinajstić information content (AvgIpc) is 3.17. The van der Waals surface area contributed by atoms with Gasteiger partial charge in [0.25, 0.3) is 0 Å². The highest BCUT2D eigenvalue weighted by Gasteiger charge is 2.24. The van der Waals surface area contributed by atoms with E-state index in [0.717, 1.165) is 27.7 Å². The molecule has 0 amide bonds. The molecule has 0 spiro atoms. The van der Waals surface area contributed by atoms with Gasteiger partial charge in [0, 0.05) is 17.4 Å². The summed E-state index contributed by atoms with van der Waals surface area (Å²) in [5, 5.41) is 10.2. The Morgan fingerprint density at radius 1 is 0.968 bits per heavy atom. The lowest BCUT2D eigenvalue weighted by Crippen LogP contribution is -2.07. The zero-order chi connectivity index (χ0) is 21.2. The molecule has 3 aromatic carbocycles. The molecule has 0 saturated heterocycles. The van der Waals surface area contributed by atoms with E-state index in [1.54, 1.807) is 17.6 Å². The number of hydrogen-bond acceptors (Lipinski definition) is 5. The summed E-state index contributed by atoms with van der Waals surface area (Å²) in [6.07, 6.45) is 1.69. The van der Waals surface area contributed by atoms with Crippen LogP contribution in [0.3, 0.4) is 0 Å². The van der Waals surface area contributed by atoms with Gasteiger partial charge in [-0.05, 0) is 42.0 Å². The van der Waals surface area contributed by atoms with E-state index in [2.05, 4.69) is 34.6 Å². The molecule has 0 unspecified atom stereocenters. The van der Waals surface area contributed by atoms with Gasteiger partial charge in [-0.2, -0.15) is 0 Å². The quantitative estimate of drug-likeness (QED) is 0.391. The van der Waals surface area contributed by atoms with E-state index < -0.39 is 5.97 Å². The Kier molecular flexibility index (Phi) is 4.80. The maximum absolute atomic E-state index is 12.8. The van der Waals surface area contributed by atoms with Crippen LogP contribution in [-0.2, 0) is 4.74 Å². The first-order valence-corrected chi connectivity index (χ1v) is 10.1. The van der Waals surface area contributed by atoms with Gasteiger partial charge >= 0.3 is 5.97 Å². The Labute approximate surface area is 179 Å². The summed E-state index contributed by atoms with van der Waals surface area (Å²) in [6.45, 7) is 2.05. The summed E-state index contributed by atoms with van der Waals surface area (Å²) >= 11 is 0. The van der Waals surface area contributed by atoms with Gasteiger partial charge in [-0.1, -0.05) is 54.6 Å². The van der Waals surface area contributed by atoms with E-state index in [1.807, 2.05) is 54.6 Å². The highest BCUT2D eigenvalue weighted by atomic mass is 16.5. The molecular formula is C25H20N4O2. The minimum atomic E-state index is -0.459. The SMILES string of the molecule is CCOC(=O)c1c(Nc2ccccc2)nn2c(-c3ccc4ccccc4c3)ccnc12. The Morgan fingerprint density at radius 3 is 2.55 bits per heavy atom. The molecule has 0 atom stereocenters.